The summed E-state index contributed by atoms with van der Waals surface area (Å²) >= 11 is 0. The van der Waals surface area contributed by atoms with Crippen LogP contribution in [0.15, 0.2) is 236 Å². The third-order valence-electron chi connectivity index (χ3n) is 17.6. The van der Waals surface area contributed by atoms with Crippen LogP contribution in [0.1, 0.15) is 152 Å². The van der Waals surface area contributed by atoms with Crippen LogP contribution in [0, 0.1) is 18.5 Å². The van der Waals surface area contributed by atoms with E-state index in [1.165, 1.54) is 0 Å². The Kier molecular flexibility index (Phi) is 12.6. The van der Waals surface area contributed by atoms with Gasteiger partial charge in [0.25, 0.3) is 6.33 Å². The topological polar surface area (TPSA) is 35.9 Å². The summed E-state index contributed by atoms with van der Waals surface area (Å²) in [5, 5.41) is 0.0196. The Labute approximate surface area is 588 Å². The normalized spacial score (nSPS) is 14.8. The standard InChI is InChI=1S/C86H84N4OSi.Pt/c1-82(2,3)61-41-38-58(39-42-61)59-40-45-76-78(50-59)88(66-28-27-29-67(55-66)91-68-43-44-73-72-36-25-26-37-75(72)90(77(73)56-68)80-54-62(46-47-87-80)83(4,5)6)57-89(76)81-74(60-48-63(84(7,8)9)51-64(49-60)85(10,11)12)52-65(86(13,14)15)53-79(81)92(69-30-19-16-20-31-69,70-32-21-17-22-33-70)71-34-23-18-24-35-71;/h16-54H,1-15H3;/q-2;/i16D,17D,18D,19D,20D,21D,22D,23D,24D,30D,31D,32D,33D,34D,35D;. The fraction of sp³-hybridized carbons (Fsp3) is 0.233. The van der Waals surface area contributed by atoms with E-state index in [2.05, 4.69) is 167 Å². The minimum Gasteiger partial charge on any atom is -0.510 e. The molecule has 0 bridgehead atoms. The molecule has 0 spiro atoms. The number of hydrogen-bond acceptors (Lipinski definition) is 2. The summed E-state index contributed by atoms with van der Waals surface area (Å²) in [6.45, 7) is 31.4. The second kappa shape index (κ2) is 24.3. The summed E-state index contributed by atoms with van der Waals surface area (Å²) in [6, 6.07) is 39.9. The van der Waals surface area contributed by atoms with Gasteiger partial charge in [-0.15, -0.1) is 29.7 Å². The summed E-state index contributed by atoms with van der Waals surface area (Å²) in [6.07, 6.45) is 5.59. The number of imidazole rings is 1. The molecule has 0 N–H and O–H groups in total. The number of fused-ring (bicyclic) bond motifs is 4. The van der Waals surface area contributed by atoms with E-state index in [-0.39, 0.29) is 48.5 Å². The fourth-order valence-electron chi connectivity index (χ4n) is 12.3. The Bertz CT molecular complexity index is 5570. The molecule has 13 aromatic rings. The van der Waals surface area contributed by atoms with Crippen molar-refractivity contribution in [2.75, 3.05) is 0 Å². The number of hydrogen-bond donors (Lipinski definition) is 0. The molecule has 0 atom stereocenters. The molecule has 0 saturated carbocycles. The average molecular weight is 1430 g/mol. The molecule has 7 heteroatoms. The fourth-order valence-corrected chi connectivity index (χ4v) is 16.3. The zero-order valence-electron chi connectivity index (χ0n) is 70.4. The first-order chi connectivity index (χ1) is 50.0. The summed E-state index contributed by atoms with van der Waals surface area (Å²) in [7, 11) is -5.97. The maximum Gasteiger partial charge on any atom is 0.268 e. The van der Waals surface area contributed by atoms with Crippen LogP contribution in [0.2, 0.25) is 0 Å². The van der Waals surface area contributed by atoms with E-state index in [1.807, 2.05) is 93.7 Å². The van der Waals surface area contributed by atoms with Crippen LogP contribution < -0.4 is 30.1 Å². The third-order valence-corrected chi connectivity index (χ3v) is 21.7. The van der Waals surface area contributed by atoms with Crippen molar-refractivity contribution >= 4 is 61.7 Å². The predicted octanol–water partition coefficient (Wildman–Crippen LogP) is 18.8. The number of aromatic nitrogens is 4. The second-order valence-electron chi connectivity index (χ2n) is 29.1. The molecule has 0 aliphatic heterocycles. The van der Waals surface area contributed by atoms with Crippen molar-refractivity contribution in [3.8, 4) is 50.9 Å². The SMILES string of the molecule is [2H]c1c([2H])c([2H])c([Si](c2cc(C(C)(C)C)cc(-c3cc(C(C)(C)C)cc(C(C)(C)C)c3)c2-[n+]2[c-]n(-c3[c-]c(Oc4[c-]c5c(cc4)c4ccccc4n5-c4cc(C(C)(C)C)ccn4)ccc3)c3cc(-c4ccc(C(C)(C)C)cc4)ccc32)(c2c([2H])c([2H])c([2H])c([2H])c2[2H])c2c([2H])c([2H])c([2H])c([2H])c2[2H])c([2H])c1[2H].[Pt]. The molecule has 0 saturated heterocycles. The number of benzene rings is 10. The molecular formula is C86H84N4OPtSi-2. The number of nitrogens with zero attached hydrogens (tertiary/aromatic N) is 4. The summed E-state index contributed by atoms with van der Waals surface area (Å²) in [5.41, 5.74) is 8.08. The zero-order chi connectivity index (χ0) is 77.8. The first kappa shape index (κ1) is 48.1. The Morgan fingerprint density at radius 1 is 0.452 bits per heavy atom. The maximum absolute atomic E-state index is 10.3. The van der Waals surface area contributed by atoms with E-state index in [9.17, 15) is 16.4 Å². The van der Waals surface area contributed by atoms with Crippen molar-refractivity contribution in [2.24, 2.45) is 0 Å². The van der Waals surface area contributed by atoms with Gasteiger partial charge in [-0.1, -0.05) is 285 Å². The van der Waals surface area contributed by atoms with Crippen LogP contribution in [0.4, 0.5) is 0 Å². The van der Waals surface area contributed by atoms with E-state index >= 15 is 0 Å². The van der Waals surface area contributed by atoms with Crippen LogP contribution in [0.5, 0.6) is 11.5 Å². The molecule has 93 heavy (non-hydrogen) atoms. The Balaban J connectivity index is 0.0000109. The number of pyridine rings is 1. The van der Waals surface area contributed by atoms with Gasteiger partial charge in [0, 0.05) is 44.3 Å². The van der Waals surface area contributed by atoms with Crippen LogP contribution in [-0.2, 0) is 48.1 Å². The molecule has 13 rings (SSSR count). The Morgan fingerprint density at radius 3 is 1.58 bits per heavy atom. The molecule has 0 amide bonds. The summed E-state index contributed by atoms with van der Waals surface area (Å²) in [5.74, 6) is 1.36. The van der Waals surface area contributed by atoms with Gasteiger partial charge in [-0.3, -0.25) is 4.57 Å². The quantitative estimate of drug-likeness (QED) is 0.0560. The van der Waals surface area contributed by atoms with Gasteiger partial charge in [-0.25, -0.2) is 4.98 Å². The van der Waals surface area contributed by atoms with Crippen LogP contribution in [0.25, 0.3) is 72.3 Å². The first-order valence-electron chi connectivity index (χ1n) is 38.8. The van der Waals surface area contributed by atoms with Gasteiger partial charge in [0.1, 0.15) is 5.82 Å². The van der Waals surface area contributed by atoms with Crippen molar-refractivity contribution in [1.29, 1.82) is 0 Å². The molecular weight excluding hydrogens is 1330 g/mol. The van der Waals surface area contributed by atoms with E-state index in [4.69, 9.17) is 13.8 Å². The predicted molar refractivity (Wildman–Crippen MR) is 388 cm³/mol. The van der Waals surface area contributed by atoms with Crippen molar-refractivity contribution < 1.29 is 50.9 Å². The van der Waals surface area contributed by atoms with Gasteiger partial charge < -0.3 is 13.9 Å². The molecule has 3 heterocycles. The average Bonchev–Trinajstić information content (AvgIpc) is 0.772. The van der Waals surface area contributed by atoms with E-state index in [0.717, 1.165) is 55.2 Å². The van der Waals surface area contributed by atoms with Gasteiger partial charge >= 0.3 is 0 Å². The second-order valence-corrected chi connectivity index (χ2v) is 32.7. The first-order valence-corrected chi connectivity index (χ1v) is 33.3. The smallest absolute Gasteiger partial charge is 0.268 e. The van der Waals surface area contributed by atoms with Gasteiger partial charge in [-0.2, -0.15) is 18.2 Å². The monoisotopic (exact) mass is 1430 g/mol. The molecule has 0 aliphatic carbocycles. The zero-order valence-corrected chi connectivity index (χ0v) is 58.6. The molecule has 10 aromatic carbocycles. The number of ether oxygens (including phenoxy) is 1. The van der Waals surface area contributed by atoms with Gasteiger partial charge in [0.15, 0.2) is 8.07 Å². The number of rotatable bonds is 11. The molecule has 0 radical (unpaired) electrons. The minimum absolute atomic E-state index is 0. The Hall–Kier alpha value is -8.67. The molecule has 470 valence electrons. The van der Waals surface area contributed by atoms with Crippen LogP contribution >= 0.6 is 0 Å². The maximum atomic E-state index is 10.3. The molecule has 0 fully saturated rings. The molecule has 0 aliphatic rings. The van der Waals surface area contributed by atoms with Crippen molar-refractivity contribution in [2.45, 2.75) is 131 Å². The third kappa shape index (κ3) is 12.2. The minimum atomic E-state index is -5.97. The summed E-state index contributed by atoms with van der Waals surface area (Å²) in [4.78, 5) is 4.90. The molecule has 0 unspecified atom stereocenters. The van der Waals surface area contributed by atoms with Crippen LogP contribution in [-0.4, -0.2) is 22.2 Å². The van der Waals surface area contributed by atoms with E-state index in [1.54, 1.807) is 21.3 Å². The van der Waals surface area contributed by atoms with Crippen molar-refractivity contribution in [3.05, 3.63) is 283 Å². The summed E-state index contributed by atoms with van der Waals surface area (Å²) < 4.78 is 160. The largest absolute Gasteiger partial charge is 0.510 e. The van der Waals surface area contributed by atoms with Gasteiger partial charge in [-0.05, 0) is 133 Å². The van der Waals surface area contributed by atoms with Crippen LogP contribution in [0.3, 0.4) is 0 Å². The van der Waals surface area contributed by atoms with Crippen molar-refractivity contribution in [1.82, 2.24) is 14.1 Å². The Morgan fingerprint density at radius 2 is 1.00 bits per heavy atom. The molecule has 3 aromatic heterocycles. The molecule has 5 nitrogen and oxygen atoms in total. The van der Waals surface area contributed by atoms with Gasteiger partial charge in [0.05, 0.1) is 37.3 Å². The van der Waals surface area contributed by atoms with Crippen molar-refractivity contribution in [3.63, 3.8) is 0 Å². The van der Waals surface area contributed by atoms with E-state index < -0.39 is 131 Å². The van der Waals surface area contributed by atoms with Gasteiger partial charge in [0.2, 0.25) is 0 Å². The van der Waals surface area contributed by atoms with E-state index in [0.29, 0.717) is 45.0 Å². The number of para-hydroxylation sites is 1.